The molecule has 0 fully saturated rings. The molecule has 1 amide bonds. The molecule has 33 heavy (non-hydrogen) atoms. The molecule has 0 aliphatic heterocycles. The van der Waals surface area contributed by atoms with Crippen LogP contribution in [0.5, 0.6) is 11.5 Å². The second kappa shape index (κ2) is 10.2. The van der Waals surface area contributed by atoms with Crippen LogP contribution in [-0.2, 0) is 9.59 Å². The number of nitrogens with one attached hydrogen (secondary N) is 1. The minimum Gasteiger partial charge on any atom is -0.482 e. The summed E-state index contributed by atoms with van der Waals surface area (Å²) in [4.78, 5) is 24.8. The highest BCUT2D eigenvalue weighted by Crippen LogP contribution is 2.38. The Morgan fingerprint density at radius 2 is 1.58 bits per heavy atom. The van der Waals surface area contributed by atoms with Gasteiger partial charge in [-0.2, -0.15) is 0 Å². The molecule has 0 saturated heterocycles. The molecular formula is C27H22ClNO4. The average Bonchev–Trinajstić information content (AvgIpc) is 2.82. The fourth-order valence-electron chi connectivity index (χ4n) is 3.69. The van der Waals surface area contributed by atoms with Crippen LogP contribution in [0.4, 0.5) is 0 Å². The van der Waals surface area contributed by atoms with Crippen molar-refractivity contribution >= 4 is 34.2 Å². The van der Waals surface area contributed by atoms with Crippen molar-refractivity contribution in [1.29, 1.82) is 0 Å². The zero-order valence-corrected chi connectivity index (χ0v) is 18.7. The topological polar surface area (TPSA) is 64.6 Å². The molecule has 0 saturated carbocycles. The lowest BCUT2D eigenvalue weighted by Gasteiger charge is -2.24. The molecule has 0 aliphatic rings. The number of hydrogen-bond acceptors (Lipinski definition) is 4. The lowest BCUT2D eigenvalue weighted by Crippen LogP contribution is -2.28. The third kappa shape index (κ3) is 5.33. The number of para-hydroxylation sites is 1. The van der Waals surface area contributed by atoms with E-state index in [4.69, 9.17) is 21.1 Å². The molecule has 0 aliphatic carbocycles. The van der Waals surface area contributed by atoms with Crippen LogP contribution in [0.2, 0.25) is 5.02 Å². The highest BCUT2D eigenvalue weighted by Gasteiger charge is 2.25. The van der Waals surface area contributed by atoms with Gasteiger partial charge in [-0.05, 0) is 40.6 Å². The molecular weight excluding hydrogens is 438 g/mol. The zero-order valence-electron chi connectivity index (χ0n) is 18.0. The average molecular weight is 460 g/mol. The quantitative estimate of drug-likeness (QED) is 0.284. The van der Waals surface area contributed by atoms with E-state index in [0.29, 0.717) is 27.6 Å². The molecule has 0 bridgehead atoms. The lowest BCUT2D eigenvalue weighted by molar-refractivity contribution is -0.136. The molecule has 0 spiro atoms. The summed E-state index contributed by atoms with van der Waals surface area (Å²) in [6, 6.07) is 27.0. The Morgan fingerprint density at radius 3 is 2.33 bits per heavy atom. The minimum atomic E-state index is -0.625. The van der Waals surface area contributed by atoms with Gasteiger partial charge in [-0.1, -0.05) is 78.3 Å². The molecule has 0 heterocycles. The Hall–Kier alpha value is -3.83. The van der Waals surface area contributed by atoms with E-state index in [1.807, 2.05) is 66.7 Å². The number of benzene rings is 4. The van der Waals surface area contributed by atoms with E-state index in [1.165, 1.54) is 6.92 Å². The highest BCUT2D eigenvalue weighted by molar-refractivity contribution is 6.31. The number of amides is 1. The first kappa shape index (κ1) is 22.4. The maximum Gasteiger partial charge on any atom is 0.349 e. The van der Waals surface area contributed by atoms with Gasteiger partial charge in [0.2, 0.25) is 5.91 Å². The van der Waals surface area contributed by atoms with E-state index in [9.17, 15) is 9.59 Å². The third-order valence-electron chi connectivity index (χ3n) is 5.11. The summed E-state index contributed by atoms with van der Waals surface area (Å²) in [5.74, 6) is 0.100. The summed E-state index contributed by atoms with van der Waals surface area (Å²) in [5, 5.41) is 5.24. The largest absolute Gasteiger partial charge is 0.482 e. The van der Waals surface area contributed by atoms with Gasteiger partial charge in [-0.15, -0.1) is 0 Å². The molecule has 6 heteroatoms. The van der Waals surface area contributed by atoms with Gasteiger partial charge in [0.15, 0.2) is 6.61 Å². The van der Waals surface area contributed by atoms with Crippen LogP contribution in [0, 0.1) is 0 Å². The first-order chi connectivity index (χ1) is 16.0. The number of esters is 1. The summed E-state index contributed by atoms with van der Waals surface area (Å²) in [6.07, 6.45) is 0. The molecule has 0 aromatic heterocycles. The first-order valence-electron chi connectivity index (χ1n) is 10.4. The molecule has 1 atom stereocenters. The van der Waals surface area contributed by atoms with Crippen molar-refractivity contribution in [3.8, 4) is 11.5 Å². The van der Waals surface area contributed by atoms with Gasteiger partial charge in [0.25, 0.3) is 0 Å². The van der Waals surface area contributed by atoms with Crippen molar-refractivity contribution in [2.75, 3.05) is 6.61 Å². The van der Waals surface area contributed by atoms with Gasteiger partial charge in [0, 0.05) is 17.5 Å². The maximum atomic E-state index is 12.7. The van der Waals surface area contributed by atoms with Gasteiger partial charge >= 0.3 is 5.97 Å². The van der Waals surface area contributed by atoms with Gasteiger partial charge in [-0.3, -0.25) is 4.79 Å². The van der Waals surface area contributed by atoms with Crippen LogP contribution < -0.4 is 14.8 Å². The summed E-state index contributed by atoms with van der Waals surface area (Å²) >= 11 is 6.50. The minimum absolute atomic E-state index is 0.238. The van der Waals surface area contributed by atoms with E-state index >= 15 is 0 Å². The fourth-order valence-corrected chi connectivity index (χ4v) is 3.94. The number of rotatable bonds is 7. The van der Waals surface area contributed by atoms with Gasteiger partial charge in [-0.25, -0.2) is 4.79 Å². The molecule has 4 aromatic carbocycles. The maximum absolute atomic E-state index is 12.7. The molecule has 166 valence electrons. The number of ether oxygens (including phenoxy) is 2. The standard InChI is InChI=1S/C27H22ClNO4/c1-18(30)29-27(22-13-7-8-14-23(22)28)26-21-12-6-5-9-19(21)15-16-24(26)33-25(31)17-32-20-10-3-2-4-11-20/h2-16,27H,17H2,1H3,(H,29,30). The van der Waals surface area contributed by atoms with Crippen molar-refractivity contribution in [1.82, 2.24) is 5.32 Å². The fraction of sp³-hybridized carbons (Fsp3) is 0.111. The predicted octanol–water partition coefficient (Wildman–Crippen LogP) is 5.70. The Morgan fingerprint density at radius 1 is 0.879 bits per heavy atom. The predicted molar refractivity (Wildman–Crippen MR) is 129 cm³/mol. The van der Waals surface area contributed by atoms with Crippen molar-refractivity contribution < 1.29 is 19.1 Å². The van der Waals surface area contributed by atoms with Crippen LogP contribution in [0.25, 0.3) is 10.8 Å². The smallest absolute Gasteiger partial charge is 0.349 e. The van der Waals surface area contributed by atoms with Crippen LogP contribution in [0.1, 0.15) is 24.1 Å². The SMILES string of the molecule is CC(=O)NC(c1ccccc1Cl)c1c(OC(=O)COc2ccccc2)ccc2ccccc12. The molecule has 4 rings (SSSR count). The van der Waals surface area contributed by atoms with Crippen LogP contribution >= 0.6 is 11.6 Å². The molecule has 5 nitrogen and oxygen atoms in total. The van der Waals surface area contributed by atoms with Crippen LogP contribution in [0.15, 0.2) is 91.0 Å². The van der Waals surface area contributed by atoms with E-state index in [-0.39, 0.29) is 12.5 Å². The van der Waals surface area contributed by atoms with Gasteiger partial charge in [0.05, 0.1) is 6.04 Å². The Kier molecular flexibility index (Phi) is 6.91. The van der Waals surface area contributed by atoms with Crippen LogP contribution in [0.3, 0.4) is 0 Å². The van der Waals surface area contributed by atoms with E-state index < -0.39 is 12.0 Å². The lowest BCUT2D eigenvalue weighted by atomic mass is 9.92. The van der Waals surface area contributed by atoms with Crippen LogP contribution in [-0.4, -0.2) is 18.5 Å². The second-order valence-corrected chi connectivity index (χ2v) is 7.84. The number of hydrogen-bond donors (Lipinski definition) is 1. The van der Waals surface area contributed by atoms with E-state index in [1.54, 1.807) is 24.3 Å². The van der Waals surface area contributed by atoms with Crippen molar-refractivity contribution in [3.05, 3.63) is 107 Å². The Bertz CT molecular complexity index is 1290. The van der Waals surface area contributed by atoms with Crippen molar-refractivity contribution in [2.45, 2.75) is 13.0 Å². The second-order valence-electron chi connectivity index (χ2n) is 7.43. The Labute approximate surface area is 196 Å². The normalized spacial score (nSPS) is 11.6. The monoisotopic (exact) mass is 459 g/mol. The zero-order chi connectivity index (χ0) is 23.2. The molecule has 4 aromatic rings. The number of fused-ring (bicyclic) bond motifs is 1. The molecule has 0 radical (unpaired) electrons. The Balaban J connectivity index is 1.75. The summed E-state index contributed by atoms with van der Waals surface area (Å²) in [6.45, 7) is 1.18. The summed E-state index contributed by atoms with van der Waals surface area (Å²) in [7, 11) is 0. The highest BCUT2D eigenvalue weighted by atomic mass is 35.5. The summed E-state index contributed by atoms with van der Waals surface area (Å²) in [5.41, 5.74) is 1.34. The molecule has 1 N–H and O–H groups in total. The van der Waals surface area contributed by atoms with E-state index in [2.05, 4.69) is 5.32 Å². The molecule has 1 unspecified atom stereocenters. The van der Waals surface area contributed by atoms with Crippen molar-refractivity contribution in [3.63, 3.8) is 0 Å². The third-order valence-corrected chi connectivity index (χ3v) is 5.45. The number of carbonyl (C=O) groups excluding carboxylic acids is 2. The number of halogens is 1. The van der Waals surface area contributed by atoms with E-state index in [0.717, 1.165) is 10.8 Å². The first-order valence-corrected chi connectivity index (χ1v) is 10.8. The van der Waals surface area contributed by atoms with Crippen molar-refractivity contribution in [2.24, 2.45) is 0 Å². The number of carbonyl (C=O) groups is 2. The summed E-state index contributed by atoms with van der Waals surface area (Å²) < 4.78 is 11.3. The van der Waals surface area contributed by atoms with Gasteiger partial charge < -0.3 is 14.8 Å². The van der Waals surface area contributed by atoms with Gasteiger partial charge in [0.1, 0.15) is 11.5 Å².